The summed E-state index contributed by atoms with van der Waals surface area (Å²) in [4.78, 5) is 4.27. The number of ether oxygens (including phenoxy) is 4. The number of benzene rings is 2. The molecule has 31 heavy (non-hydrogen) atoms. The van der Waals surface area contributed by atoms with Crippen LogP contribution in [0.15, 0.2) is 53.5 Å². The maximum absolute atomic E-state index is 5.92. The number of methoxy groups -OCH3 is 1. The fourth-order valence-electron chi connectivity index (χ4n) is 3.26. The Kier molecular flexibility index (Phi) is 9.47. The van der Waals surface area contributed by atoms with E-state index in [1.165, 1.54) is 0 Å². The first-order valence-corrected chi connectivity index (χ1v) is 10.8. The third-order valence-corrected chi connectivity index (χ3v) is 5.04. The minimum Gasteiger partial charge on any atom is -0.493 e. The lowest BCUT2D eigenvalue weighted by molar-refractivity contribution is 0.0888. The molecule has 2 aromatic carbocycles. The van der Waals surface area contributed by atoms with Crippen LogP contribution in [0.4, 0.5) is 0 Å². The van der Waals surface area contributed by atoms with Crippen molar-refractivity contribution in [2.45, 2.75) is 19.4 Å². The highest BCUT2D eigenvalue weighted by Gasteiger charge is 2.15. The molecule has 1 fully saturated rings. The van der Waals surface area contributed by atoms with Crippen molar-refractivity contribution in [2.24, 2.45) is 10.9 Å². The predicted molar refractivity (Wildman–Crippen MR) is 122 cm³/mol. The molecule has 0 saturated carbocycles. The Morgan fingerprint density at radius 2 is 1.90 bits per heavy atom. The summed E-state index contributed by atoms with van der Waals surface area (Å²) in [7, 11) is 3.41. The molecule has 0 aromatic heterocycles. The lowest BCUT2D eigenvalue weighted by Crippen LogP contribution is -2.37. The third-order valence-electron chi connectivity index (χ3n) is 5.04. The van der Waals surface area contributed by atoms with Crippen LogP contribution in [0.3, 0.4) is 0 Å². The molecule has 1 aliphatic rings. The molecule has 1 unspecified atom stereocenters. The summed E-state index contributed by atoms with van der Waals surface area (Å²) in [5.41, 5.74) is 1.14. The second-order valence-electron chi connectivity index (χ2n) is 7.41. The maximum atomic E-state index is 5.92. The van der Waals surface area contributed by atoms with Gasteiger partial charge in [-0.15, -0.1) is 0 Å². The molecule has 0 spiro atoms. The molecule has 2 aromatic rings. The molecular formula is C24H33N3O4. The summed E-state index contributed by atoms with van der Waals surface area (Å²) < 4.78 is 22.3. The first-order chi connectivity index (χ1) is 15.3. The lowest BCUT2D eigenvalue weighted by Gasteiger charge is -2.13. The molecule has 1 heterocycles. The Hall–Kier alpha value is -2.77. The highest BCUT2D eigenvalue weighted by molar-refractivity contribution is 5.79. The van der Waals surface area contributed by atoms with E-state index in [-0.39, 0.29) is 0 Å². The topological polar surface area (TPSA) is 73.3 Å². The molecule has 2 N–H and O–H groups in total. The van der Waals surface area contributed by atoms with Crippen molar-refractivity contribution < 1.29 is 18.9 Å². The van der Waals surface area contributed by atoms with Gasteiger partial charge in [0.25, 0.3) is 0 Å². The van der Waals surface area contributed by atoms with Gasteiger partial charge in [0.15, 0.2) is 17.5 Å². The zero-order valence-corrected chi connectivity index (χ0v) is 18.4. The summed E-state index contributed by atoms with van der Waals surface area (Å²) in [6, 6.07) is 15.6. The molecule has 3 rings (SSSR count). The van der Waals surface area contributed by atoms with Crippen LogP contribution in [0.2, 0.25) is 0 Å². The van der Waals surface area contributed by atoms with Crippen LogP contribution < -0.4 is 20.1 Å². The van der Waals surface area contributed by atoms with Crippen LogP contribution in [0, 0.1) is 5.92 Å². The highest BCUT2D eigenvalue weighted by Crippen LogP contribution is 2.30. The predicted octanol–water partition coefficient (Wildman–Crippen LogP) is 3.60. The number of nitrogens with one attached hydrogen (secondary N) is 2. The van der Waals surface area contributed by atoms with Gasteiger partial charge in [-0.2, -0.15) is 0 Å². The summed E-state index contributed by atoms with van der Waals surface area (Å²) >= 11 is 0. The Labute approximate surface area is 184 Å². The number of para-hydroxylation sites is 2. The fraction of sp³-hybridized carbons (Fsp3) is 0.458. The van der Waals surface area contributed by atoms with E-state index >= 15 is 0 Å². The van der Waals surface area contributed by atoms with Gasteiger partial charge in [-0.25, -0.2) is 0 Å². The smallest absolute Gasteiger partial charge is 0.191 e. The Morgan fingerprint density at radius 1 is 1.10 bits per heavy atom. The van der Waals surface area contributed by atoms with Gasteiger partial charge in [-0.05, 0) is 42.7 Å². The van der Waals surface area contributed by atoms with Gasteiger partial charge in [0.05, 0.1) is 20.3 Å². The van der Waals surface area contributed by atoms with Crippen molar-refractivity contribution in [1.29, 1.82) is 0 Å². The molecule has 1 atom stereocenters. The minimum atomic E-state index is 0.564. The molecular weight excluding hydrogens is 394 g/mol. The number of hydrogen-bond donors (Lipinski definition) is 2. The van der Waals surface area contributed by atoms with Gasteiger partial charge in [-0.1, -0.05) is 24.3 Å². The van der Waals surface area contributed by atoms with E-state index < -0.39 is 0 Å². The zero-order chi connectivity index (χ0) is 21.7. The SMILES string of the molecule is CN=C(NCCCOCC1CCOC1)NCc1ccc(Oc2ccccc2OC)cc1. The normalized spacial score (nSPS) is 16.2. The molecule has 7 nitrogen and oxygen atoms in total. The Balaban J connectivity index is 1.34. The number of aliphatic imine (C=N–C) groups is 1. The monoisotopic (exact) mass is 427 g/mol. The van der Waals surface area contributed by atoms with Crippen LogP contribution >= 0.6 is 0 Å². The van der Waals surface area contributed by atoms with Gasteiger partial charge in [0, 0.05) is 39.3 Å². The van der Waals surface area contributed by atoms with Crippen LogP contribution in [-0.4, -0.2) is 53.1 Å². The van der Waals surface area contributed by atoms with Gasteiger partial charge in [0.1, 0.15) is 5.75 Å². The van der Waals surface area contributed by atoms with Gasteiger partial charge < -0.3 is 29.6 Å². The molecule has 168 valence electrons. The maximum Gasteiger partial charge on any atom is 0.191 e. The third kappa shape index (κ3) is 7.77. The van der Waals surface area contributed by atoms with Crippen molar-refractivity contribution in [2.75, 3.05) is 47.1 Å². The fourth-order valence-corrected chi connectivity index (χ4v) is 3.26. The van der Waals surface area contributed by atoms with Crippen LogP contribution in [0.25, 0.3) is 0 Å². The molecule has 1 aliphatic heterocycles. The molecule has 0 amide bonds. The number of nitrogens with zero attached hydrogens (tertiary/aromatic N) is 1. The molecule has 0 aliphatic carbocycles. The van der Waals surface area contributed by atoms with E-state index in [4.69, 9.17) is 18.9 Å². The van der Waals surface area contributed by atoms with Gasteiger partial charge in [0.2, 0.25) is 0 Å². The van der Waals surface area contributed by atoms with Gasteiger partial charge >= 0.3 is 0 Å². The van der Waals surface area contributed by atoms with E-state index in [1.807, 2.05) is 48.5 Å². The number of hydrogen-bond acceptors (Lipinski definition) is 5. The van der Waals surface area contributed by atoms with Gasteiger partial charge in [-0.3, -0.25) is 4.99 Å². The average Bonchev–Trinajstić information content (AvgIpc) is 3.33. The summed E-state index contributed by atoms with van der Waals surface area (Å²) in [6.45, 7) is 4.73. The zero-order valence-electron chi connectivity index (χ0n) is 18.4. The second kappa shape index (κ2) is 12.8. The average molecular weight is 428 g/mol. The molecule has 7 heteroatoms. The lowest BCUT2D eigenvalue weighted by atomic mass is 10.1. The quantitative estimate of drug-likeness (QED) is 0.324. The van der Waals surface area contributed by atoms with Crippen molar-refractivity contribution in [3.05, 3.63) is 54.1 Å². The highest BCUT2D eigenvalue weighted by atomic mass is 16.5. The van der Waals surface area contributed by atoms with E-state index in [0.29, 0.717) is 24.0 Å². The van der Waals surface area contributed by atoms with E-state index in [9.17, 15) is 0 Å². The van der Waals surface area contributed by atoms with Crippen molar-refractivity contribution in [3.63, 3.8) is 0 Å². The molecule has 0 bridgehead atoms. The number of guanidine groups is 1. The van der Waals surface area contributed by atoms with Crippen LogP contribution in [-0.2, 0) is 16.0 Å². The first kappa shape index (κ1) is 22.9. The minimum absolute atomic E-state index is 0.564. The van der Waals surface area contributed by atoms with Crippen LogP contribution in [0.5, 0.6) is 17.2 Å². The summed E-state index contributed by atoms with van der Waals surface area (Å²) in [5, 5.41) is 6.65. The van der Waals surface area contributed by atoms with Crippen molar-refractivity contribution in [3.8, 4) is 17.2 Å². The standard InChI is InChI=1S/C24H33N3O4/c1-25-24(26-13-5-14-29-17-20-12-15-30-18-20)27-16-19-8-10-21(11-9-19)31-23-7-4-3-6-22(23)28-2/h3-4,6-11,20H,5,12-18H2,1-2H3,(H2,25,26,27). The number of rotatable bonds is 11. The summed E-state index contributed by atoms with van der Waals surface area (Å²) in [6.07, 6.45) is 2.05. The molecule has 0 radical (unpaired) electrons. The van der Waals surface area contributed by atoms with E-state index in [1.54, 1.807) is 14.2 Å². The van der Waals surface area contributed by atoms with E-state index in [2.05, 4.69) is 15.6 Å². The Morgan fingerprint density at radius 3 is 2.61 bits per heavy atom. The molecule has 1 saturated heterocycles. The largest absolute Gasteiger partial charge is 0.493 e. The van der Waals surface area contributed by atoms with E-state index in [0.717, 1.165) is 63.1 Å². The van der Waals surface area contributed by atoms with Crippen LogP contribution in [0.1, 0.15) is 18.4 Å². The van der Waals surface area contributed by atoms with Crippen molar-refractivity contribution >= 4 is 5.96 Å². The van der Waals surface area contributed by atoms with Crippen molar-refractivity contribution in [1.82, 2.24) is 10.6 Å². The Bertz CT molecular complexity index is 805. The second-order valence-corrected chi connectivity index (χ2v) is 7.41. The first-order valence-electron chi connectivity index (χ1n) is 10.8. The summed E-state index contributed by atoms with van der Waals surface area (Å²) in [5.74, 6) is 3.51.